The lowest BCUT2D eigenvalue weighted by Crippen LogP contribution is -2.32. The number of hydrogen-bond donors (Lipinski definition) is 1. The molecule has 0 aromatic heterocycles. The summed E-state index contributed by atoms with van der Waals surface area (Å²) in [5.41, 5.74) is 6.08. The molecule has 2 rings (SSSR count). The van der Waals surface area contributed by atoms with Crippen LogP contribution in [-0.2, 0) is 0 Å². The zero-order valence-electron chi connectivity index (χ0n) is 8.62. The van der Waals surface area contributed by atoms with Crippen molar-refractivity contribution in [2.45, 2.75) is 12.5 Å². The van der Waals surface area contributed by atoms with E-state index in [9.17, 15) is 9.18 Å². The third-order valence-electron chi connectivity index (χ3n) is 2.69. The van der Waals surface area contributed by atoms with Crippen LogP contribution in [0.4, 0.5) is 4.39 Å². The summed E-state index contributed by atoms with van der Waals surface area (Å²) >= 11 is 3.09. The zero-order chi connectivity index (χ0) is 11.7. The van der Waals surface area contributed by atoms with Crippen LogP contribution in [0.5, 0.6) is 0 Å². The van der Waals surface area contributed by atoms with Gasteiger partial charge in [0.2, 0.25) is 0 Å². The van der Waals surface area contributed by atoms with Crippen molar-refractivity contribution in [2.24, 2.45) is 5.73 Å². The smallest absolute Gasteiger partial charge is 0.255 e. The Balaban J connectivity index is 2.24. The van der Waals surface area contributed by atoms with Gasteiger partial charge in [0.1, 0.15) is 5.82 Å². The van der Waals surface area contributed by atoms with Crippen LogP contribution >= 0.6 is 15.9 Å². The molecule has 0 unspecified atom stereocenters. The van der Waals surface area contributed by atoms with Crippen LogP contribution < -0.4 is 5.73 Å². The van der Waals surface area contributed by atoms with Crippen LogP contribution in [0.2, 0.25) is 0 Å². The molecule has 3 nitrogen and oxygen atoms in total. The van der Waals surface area contributed by atoms with Crippen LogP contribution in [0.15, 0.2) is 22.7 Å². The lowest BCUT2D eigenvalue weighted by Gasteiger charge is -2.16. The Labute approximate surface area is 102 Å². The third-order valence-corrected chi connectivity index (χ3v) is 3.50. The molecule has 1 aliphatic rings. The van der Waals surface area contributed by atoms with E-state index in [0.717, 1.165) is 6.42 Å². The highest BCUT2D eigenvalue weighted by Gasteiger charge is 2.26. The quantitative estimate of drug-likeness (QED) is 0.855. The van der Waals surface area contributed by atoms with Gasteiger partial charge in [0.25, 0.3) is 5.91 Å². The van der Waals surface area contributed by atoms with Gasteiger partial charge >= 0.3 is 0 Å². The second-order valence-electron chi connectivity index (χ2n) is 3.90. The molecular weight excluding hydrogens is 275 g/mol. The van der Waals surface area contributed by atoms with Crippen molar-refractivity contribution in [2.75, 3.05) is 13.1 Å². The minimum absolute atomic E-state index is 0.0382. The highest BCUT2D eigenvalue weighted by Crippen LogP contribution is 2.23. The second kappa shape index (κ2) is 4.51. The van der Waals surface area contributed by atoms with E-state index in [1.165, 1.54) is 12.1 Å². The van der Waals surface area contributed by atoms with Crippen molar-refractivity contribution in [1.82, 2.24) is 4.90 Å². The maximum absolute atomic E-state index is 13.3. The summed E-state index contributed by atoms with van der Waals surface area (Å²) in [6, 6.07) is 4.50. The fourth-order valence-electron chi connectivity index (χ4n) is 1.81. The predicted octanol–water partition coefficient (Wildman–Crippen LogP) is 1.76. The van der Waals surface area contributed by atoms with Crippen molar-refractivity contribution < 1.29 is 9.18 Å². The SMILES string of the molecule is N[C@@H]1CCN(C(=O)c2cccc(F)c2Br)C1. The van der Waals surface area contributed by atoms with E-state index in [4.69, 9.17) is 5.73 Å². The summed E-state index contributed by atoms with van der Waals surface area (Å²) in [6.07, 6.45) is 0.804. The Morgan fingerprint density at radius 2 is 2.31 bits per heavy atom. The van der Waals surface area contributed by atoms with Gasteiger partial charge in [-0.1, -0.05) is 6.07 Å². The van der Waals surface area contributed by atoms with E-state index in [-0.39, 0.29) is 16.4 Å². The Bertz CT molecular complexity index is 424. The van der Waals surface area contributed by atoms with Gasteiger partial charge in [-0.25, -0.2) is 4.39 Å². The van der Waals surface area contributed by atoms with Crippen LogP contribution in [0.3, 0.4) is 0 Å². The standard InChI is InChI=1S/C11H12BrFN2O/c12-10-8(2-1-3-9(10)13)11(16)15-5-4-7(14)6-15/h1-3,7H,4-6,14H2/t7-/m1/s1. The third kappa shape index (κ3) is 2.10. The molecule has 1 amide bonds. The molecule has 86 valence electrons. The van der Waals surface area contributed by atoms with Gasteiger partial charge in [0.05, 0.1) is 10.0 Å². The molecule has 1 saturated heterocycles. The summed E-state index contributed by atoms with van der Waals surface area (Å²) in [5, 5.41) is 0. The predicted molar refractivity (Wildman–Crippen MR) is 62.6 cm³/mol. The van der Waals surface area contributed by atoms with Crippen LogP contribution in [0.1, 0.15) is 16.8 Å². The monoisotopic (exact) mass is 286 g/mol. The Morgan fingerprint density at radius 1 is 1.56 bits per heavy atom. The van der Waals surface area contributed by atoms with Gasteiger partial charge in [-0.15, -0.1) is 0 Å². The molecule has 0 saturated carbocycles. The summed E-state index contributed by atoms with van der Waals surface area (Å²) in [7, 11) is 0. The van der Waals surface area contributed by atoms with Gasteiger partial charge in [0.15, 0.2) is 0 Å². The molecule has 0 spiro atoms. The number of likely N-dealkylation sites (tertiary alicyclic amines) is 1. The summed E-state index contributed by atoms with van der Waals surface area (Å²) in [4.78, 5) is 13.7. The van der Waals surface area contributed by atoms with E-state index >= 15 is 0 Å². The van der Waals surface area contributed by atoms with Gasteiger partial charge in [-0.05, 0) is 34.5 Å². The Kier molecular flexibility index (Phi) is 3.25. The Hall–Kier alpha value is -0.940. The number of amides is 1. The number of nitrogens with two attached hydrogens (primary N) is 1. The van der Waals surface area contributed by atoms with E-state index in [1.807, 2.05) is 0 Å². The molecule has 0 radical (unpaired) electrons. The van der Waals surface area contributed by atoms with Crippen molar-refractivity contribution in [3.8, 4) is 0 Å². The van der Waals surface area contributed by atoms with Crippen molar-refractivity contribution in [3.63, 3.8) is 0 Å². The molecule has 1 fully saturated rings. The fraction of sp³-hybridized carbons (Fsp3) is 0.364. The maximum Gasteiger partial charge on any atom is 0.255 e. The van der Waals surface area contributed by atoms with Crippen molar-refractivity contribution in [3.05, 3.63) is 34.1 Å². The normalized spacial score (nSPS) is 20.2. The highest BCUT2D eigenvalue weighted by atomic mass is 79.9. The first-order valence-corrected chi connectivity index (χ1v) is 5.87. The number of carbonyl (C=O) groups is 1. The maximum atomic E-state index is 13.3. The van der Waals surface area contributed by atoms with E-state index in [0.29, 0.717) is 18.7 Å². The van der Waals surface area contributed by atoms with Gasteiger partial charge in [-0.2, -0.15) is 0 Å². The first-order valence-electron chi connectivity index (χ1n) is 5.08. The number of carbonyl (C=O) groups excluding carboxylic acids is 1. The zero-order valence-corrected chi connectivity index (χ0v) is 10.2. The highest BCUT2D eigenvalue weighted by molar-refractivity contribution is 9.10. The molecule has 1 aliphatic heterocycles. The summed E-state index contributed by atoms with van der Waals surface area (Å²) < 4.78 is 13.5. The first-order chi connectivity index (χ1) is 7.59. The lowest BCUT2D eigenvalue weighted by molar-refractivity contribution is 0.0789. The van der Waals surface area contributed by atoms with Crippen molar-refractivity contribution >= 4 is 21.8 Å². The second-order valence-corrected chi connectivity index (χ2v) is 4.69. The average molecular weight is 287 g/mol. The number of rotatable bonds is 1. The van der Waals surface area contributed by atoms with Gasteiger partial charge in [-0.3, -0.25) is 4.79 Å². The largest absolute Gasteiger partial charge is 0.337 e. The first kappa shape index (κ1) is 11.5. The topological polar surface area (TPSA) is 46.3 Å². The molecule has 2 N–H and O–H groups in total. The lowest BCUT2D eigenvalue weighted by atomic mass is 10.2. The Morgan fingerprint density at radius 3 is 2.94 bits per heavy atom. The summed E-state index contributed by atoms with van der Waals surface area (Å²) in [6.45, 7) is 1.19. The molecule has 0 bridgehead atoms. The minimum atomic E-state index is -0.422. The van der Waals surface area contributed by atoms with E-state index < -0.39 is 5.82 Å². The average Bonchev–Trinajstić information content (AvgIpc) is 2.68. The number of hydrogen-bond acceptors (Lipinski definition) is 2. The molecule has 1 heterocycles. The number of benzene rings is 1. The van der Waals surface area contributed by atoms with Crippen LogP contribution in [-0.4, -0.2) is 29.9 Å². The number of nitrogens with zero attached hydrogens (tertiary/aromatic N) is 1. The molecule has 0 aliphatic carbocycles. The van der Waals surface area contributed by atoms with Gasteiger partial charge < -0.3 is 10.6 Å². The number of halogens is 2. The summed E-state index contributed by atoms with van der Waals surface area (Å²) in [5.74, 6) is -0.589. The molecule has 5 heteroatoms. The van der Waals surface area contributed by atoms with E-state index in [1.54, 1.807) is 11.0 Å². The molecule has 1 atom stereocenters. The van der Waals surface area contributed by atoms with Crippen LogP contribution in [0, 0.1) is 5.82 Å². The molecule has 1 aromatic rings. The minimum Gasteiger partial charge on any atom is -0.337 e. The van der Waals surface area contributed by atoms with E-state index in [2.05, 4.69) is 15.9 Å². The van der Waals surface area contributed by atoms with Crippen molar-refractivity contribution in [1.29, 1.82) is 0 Å². The van der Waals surface area contributed by atoms with Crippen LogP contribution in [0.25, 0.3) is 0 Å². The molecule has 16 heavy (non-hydrogen) atoms. The fourth-order valence-corrected chi connectivity index (χ4v) is 2.25. The molecular formula is C11H12BrFN2O. The molecule has 1 aromatic carbocycles. The van der Waals surface area contributed by atoms with Gasteiger partial charge in [0, 0.05) is 19.1 Å².